The Morgan fingerprint density at radius 3 is 3.00 bits per heavy atom. The van der Waals surface area contributed by atoms with Crippen LogP contribution in [0, 0.1) is 0 Å². The van der Waals surface area contributed by atoms with Crippen molar-refractivity contribution in [1.29, 1.82) is 0 Å². The summed E-state index contributed by atoms with van der Waals surface area (Å²) < 4.78 is 5.40. The number of aromatic nitrogens is 1. The normalized spacial score (nSPS) is 15.8. The largest absolute Gasteiger partial charge is 0.383 e. The van der Waals surface area contributed by atoms with Crippen molar-refractivity contribution in [1.82, 2.24) is 15.4 Å². The Labute approximate surface area is 182 Å². The van der Waals surface area contributed by atoms with Gasteiger partial charge in [0.1, 0.15) is 0 Å². The highest BCUT2D eigenvalue weighted by Crippen LogP contribution is 2.36. The van der Waals surface area contributed by atoms with Crippen LogP contribution in [0.3, 0.4) is 0 Å². The molecule has 0 fully saturated rings. The summed E-state index contributed by atoms with van der Waals surface area (Å²) in [6, 6.07) is 15.2. The highest BCUT2D eigenvalue weighted by Gasteiger charge is 2.27. The summed E-state index contributed by atoms with van der Waals surface area (Å²) in [6.45, 7) is 2.56. The first-order valence-electron chi connectivity index (χ1n) is 10.7. The van der Waals surface area contributed by atoms with E-state index in [-0.39, 0.29) is 0 Å². The molecule has 3 N–H and O–H groups in total. The van der Waals surface area contributed by atoms with Crippen molar-refractivity contribution in [2.75, 3.05) is 26.8 Å². The number of methoxy groups -OCH3 is 1. The molecule has 162 valence electrons. The zero-order chi connectivity index (χ0) is 21.6. The van der Waals surface area contributed by atoms with Gasteiger partial charge in [-0.2, -0.15) is 0 Å². The van der Waals surface area contributed by atoms with Crippen LogP contribution in [0.4, 0.5) is 0 Å². The molecule has 2 aromatic carbocycles. The highest BCUT2D eigenvalue weighted by atomic mass is 16.5. The number of hydrogen-bond donors (Lipinski definition) is 3. The molecule has 6 nitrogen and oxygen atoms in total. The third-order valence-electron chi connectivity index (χ3n) is 6.12. The van der Waals surface area contributed by atoms with E-state index in [9.17, 15) is 4.79 Å². The summed E-state index contributed by atoms with van der Waals surface area (Å²) in [5, 5.41) is 9.94. The maximum Gasteiger partial charge on any atom is 0.267 e. The van der Waals surface area contributed by atoms with Crippen LogP contribution in [0.2, 0.25) is 0 Å². The second kappa shape index (κ2) is 9.92. The van der Waals surface area contributed by atoms with E-state index < -0.39 is 5.91 Å². The Balaban J connectivity index is 1.50. The third kappa shape index (κ3) is 4.88. The number of nitrogens with zero attached hydrogens (tertiary/aromatic N) is 1. The number of aromatic amines is 1. The lowest BCUT2D eigenvalue weighted by Crippen LogP contribution is -2.32. The van der Waals surface area contributed by atoms with Gasteiger partial charge in [0.2, 0.25) is 0 Å². The van der Waals surface area contributed by atoms with Crippen LogP contribution in [-0.2, 0) is 22.4 Å². The number of rotatable bonds is 9. The second-order valence-corrected chi connectivity index (χ2v) is 7.96. The van der Waals surface area contributed by atoms with E-state index >= 15 is 0 Å². The summed E-state index contributed by atoms with van der Waals surface area (Å²) in [5.41, 5.74) is 7.80. The summed E-state index contributed by atoms with van der Waals surface area (Å²) in [7, 11) is 1.75. The van der Waals surface area contributed by atoms with Crippen LogP contribution in [0.15, 0.2) is 54.7 Å². The Morgan fingerprint density at radius 2 is 2.16 bits per heavy atom. The van der Waals surface area contributed by atoms with Crippen LogP contribution in [0.25, 0.3) is 17.0 Å². The number of amides is 1. The molecule has 1 aliphatic carbocycles. The molecule has 6 heteroatoms. The number of fused-ring (bicyclic) bond motifs is 2. The van der Waals surface area contributed by atoms with Crippen molar-refractivity contribution in [2.45, 2.75) is 25.3 Å². The molecule has 0 spiro atoms. The number of hydrogen-bond acceptors (Lipinski definition) is 4. The number of benzene rings is 2. The van der Waals surface area contributed by atoms with Crippen LogP contribution in [0.1, 0.15) is 34.7 Å². The fourth-order valence-corrected chi connectivity index (χ4v) is 4.54. The summed E-state index contributed by atoms with van der Waals surface area (Å²) >= 11 is 0. The lowest BCUT2D eigenvalue weighted by Gasteiger charge is -2.29. The zero-order valence-electron chi connectivity index (χ0n) is 17.8. The summed E-state index contributed by atoms with van der Waals surface area (Å²) in [5.74, 6) is -0.526. The van der Waals surface area contributed by atoms with Crippen LogP contribution < -0.4 is 5.48 Å². The molecule has 31 heavy (non-hydrogen) atoms. The van der Waals surface area contributed by atoms with Crippen molar-refractivity contribution in [3.05, 3.63) is 77.0 Å². The van der Waals surface area contributed by atoms with Gasteiger partial charge in [-0.25, -0.2) is 5.48 Å². The Morgan fingerprint density at radius 1 is 1.29 bits per heavy atom. The monoisotopic (exact) mass is 419 g/mol. The Kier molecular flexibility index (Phi) is 6.82. The second-order valence-electron chi connectivity index (χ2n) is 7.96. The van der Waals surface area contributed by atoms with E-state index in [0.29, 0.717) is 12.6 Å². The van der Waals surface area contributed by atoms with E-state index in [1.54, 1.807) is 18.7 Å². The molecular weight excluding hydrogens is 390 g/mol. The predicted molar refractivity (Wildman–Crippen MR) is 122 cm³/mol. The van der Waals surface area contributed by atoms with Gasteiger partial charge in [0.25, 0.3) is 5.91 Å². The zero-order valence-corrected chi connectivity index (χ0v) is 17.8. The number of H-pyrrole nitrogens is 1. The standard InChI is InChI=1S/C25H29N3O3/c1-31-15-14-28(13-12-20-17-26-23-5-3-2-4-21(20)23)24-10-8-19-16-18(6-9-22(19)24)7-11-25(29)27-30/h2-7,9,11,16-17,24,26,30H,8,10,12-15H2,1H3,(H,27,29)/b11-7+. The first-order valence-corrected chi connectivity index (χ1v) is 10.7. The molecule has 0 radical (unpaired) electrons. The molecule has 1 aliphatic rings. The first-order chi connectivity index (χ1) is 15.2. The van der Waals surface area contributed by atoms with E-state index in [2.05, 4.69) is 52.5 Å². The van der Waals surface area contributed by atoms with Crippen molar-refractivity contribution in [3.8, 4) is 0 Å². The van der Waals surface area contributed by atoms with Gasteiger partial charge in [-0.15, -0.1) is 0 Å². The van der Waals surface area contributed by atoms with Gasteiger partial charge in [-0.05, 0) is 53.7 Å². The maximum atomic E-state index is 11.2. The van der Waals surface area contributed by atoms with Crippen molar-refractivity contribution in [2.24, 2.45) is 0 Å². The molecule has 1 unspecified atom stereocenters. The van der Waals surface area contributed by atoms with Crippen LogP contribution in [0.5, 0.6) is 0 Å². The average molecular weight is 420 g/mol. The number of nitrogens with one attached hydrogen (secondary N) is 2. The van der Waals surface area contributed by atoms with Gasteiger partial charge in [0.05, 0.1) is 6.61 Å². The minimum atomic E-state index is -0.526. The molecule has 3 aromatic rings. The van der Waals surface area contributed by atoms with Gasteiger partial charge in [-0.3, -0.25) is 14.9 Å². The third-order valence-corrected chi connectivity index (χ3v) is 6.12. The maximum absolute atomic E-state index is 11.2. The topological polar surface area (TPSA) is 77.6 Å². The minimum Gasteiger partial charge on any atom is -0.383 e. The number of aryl methyl sites for hydroxylation is 1. The smallest absolute Gasteiger partial charge is 0.267 e. The van der Waals surface area contributed by atoms with Gasteiger partial charge in [-0.1, -0.05) is 36.4 Å². The molecule has 0 bridgehead atoms. The van der Waals surface area contributed by atoms with E-state index in [4.69, 9.17) is 9.94 Å². The molecule has 1 atom stereocenters. The minimum absolute atomic E-state index is 0.370. The fourth-order valence-electron chi connectivity index (χ4n) is 4.54. The molecule has 1 heterocycles. The first kappa shape index (κ1) is 21.3. The SMILES string of the molecule is COCCN(CCc1c[nH]c2ccccc12)C1CCc2cc(/C=C/C(=O)NO)ccc21. The van der Waals surface area contributed by atoms with Gasteiger partial charge in [0.15, 0.2) is 0 Å². The quantitative estimate of drug-likeness (QED) is 0.280. The highest BCUT2D eigenvalue weighted by molar-refractivity contribution is 5.90. The van der Waals surface area contributed by atoms with E-state index in [1.807, 2.05) is 6.07 Å². The average Bonchev–Trinajstić information content (AvgIpc) is 3.41. The Hall–Kier alpha value is -2.93. The van der Waals surface area contributed by atoms with E-state index in [0.717, 1.165) is 37.9 Å². The molecule has 0 saturated heterocycles. The summed E-state index contributed by atoms with van der Waals surface area (Å²) in [4.78, 5) is 17.2. The molecule has 0 saturated carbocycles. The number of ether oxygens (including phenoxy) is 1. The lowest BCUT2D eigenvalue weighted by atomic mass is 10.0. The number of carbonyl (C=O) groups is 1. The number of hydroxylamine groups is 1. The van der Waals surface area contributed by atoms with Crippen molar-refractivity contribution < 1.29 is 14.7 Å². The predicted octanol–water partition coefficient (Wildman–Crippen LogP) is 3.86. The lowest BCUT2D eigenvalue weighted by molar-refractivity contribution is -0.124. The van der Waals surface area contributed by atoms with Gasteiger partial charge < -0.3 is 9.72 Å². The van der Waals surface area contributed by atoms with E-state index in [1.165, 1.54) is 33.7 Å². The van der Waals surface area contributed by atoms with Crippen LogP contribution in [-0.4, -0.2) is 47.8 Å². The van der Waals surface area contributed by atoms with Crippen molar-refractivity contribution in [3.63, 3.8) is 0 Å². The molecule has 0 aliphatic heterocycles. The number of para-hydroxylation sites is 1. The van der Waals surface area contributed by atoms with Crippen molar-refractivity contribution >= 4 is 22.9 Å². The van der Waals surface area contributed by atoms with Gasteiger partial charge in [0, 0.05) is 49.4 Å². The Bertz CT molecular complexity index is 1070. The van der Waals surface area contributed by atoms with Crippen LogP contribution >= 0.6 is 0 Å². The molecule has 1 aromatic heterocycles. The molecular formula is C25H29N3O3. The molecule has 1 amide bonds. The van der Waals surface area contributed by atoms with Gasteiger partial charge >= 0.3 is 0 Å². The summed E-state index contributed by atoms with van der Waals surface area (Å²) in [6.07, 6.45) is 8.26. The fraction of sp³-hybridized carbons (Fsp3) is 0.320. The molecule has 4 rings (SSSR count). The number of carbonyl (C=O) groups excluding carboxylic acids is 1.